The maximum absolute atomic E-state index is 5.50. The largest absolute Gasteiger partial charge is 0.377 e. The summed E-state index contributed by atoms with van der Waals surface area (Å²) in [6, 6.07) is 5.88. The summed E-state index contributed by atoms with van der Waals surface area (Å²) in [5.74, 6) is 0.569. The monoisotopic (exact) mass is 337 g/mol. The van der Waals surface area contributed by atoms with E-state index in [4.69, 9.17) is 4.74 Å². The van der Waals surface area contributed by atoms with Crippen LogP contribution in [0.15, 0.2) is 43.0 Å². The maximum Gasteiger partial charge on any atom is 0.241 e. The standard InChI is InChI=1S/C17H19N7O/c1-12(2)25-10-7-19-17-20-11-15-13(5-8-23(15)22-17)14-3-4-16-18-6-9-24(16)21-14/h3-6,8-9,11-12H,7,10H2,1-2H3,(H,19,22). The minimum absolute atomic E-state index is 0.220. The second kappa shape index (κ2) is 6.48. The van der Waals surface area contributed by atoms with E-state index >= 15 is 0 Å². The van der Waals surface area contributed by atoms with Crippen molar-refractivity contribution in [2.24, 2.45) is 0 Å². The van der Waals surface area contributed by atoms with Crippen molar-refractivity contribution < 1.29 is 4.74 Å². The van der Waals surface area contributed by atoms with E-state index < -0.39 is 0 Å². The third-order valence-corrected chi connectivity index (χ3v) is 3.78. The molecule has 1 N–H and O–H groups in total. The second-order valence-electron chi connectivity index (χ2n) is 5.94. The van der Waals surface area contributed by atoms with Crippen LogP contribution in [0.1, 0.15) is 13.8 Å². The highest BCUT2D eigenvalue weighted by molar-refractivity contribution is 5.78. The van der Waals surface area contributed by atoms with E-state index in [1.165, 1.54) is 0 Å². The Kier molecular flexibility index (Phi) is 4.02. The molecule has 0 radical (unpaired) electrons. The third-order valence-electron chi connectivity index (χ3n) is 3.78. The molecule has 0 aliphatic heterocycles. The van der Waals surface area contributed by atoms with Crippen molar-refractivity contribution in [1.82, 2.24) is 29.2 Å². The fraction of sp³-hybridized carbons (Fsp3) is 0.294. The molecule has 25 heavy (non-hydrogen) atoms. The number of nitrogens with zero attached hydrogens (tertiary/aromatic N) is 6. The lowest BCUT2D eigenvalue weighted by atomic mass is 10.2. The van der Waals surface area contributed by atoms with Crippen molar-refractivity contribution >= 4 is 17.1 Å². The van der Waals surface area contributed by atoms with Gasteiger partial charge in [-0.1, -0.05) is 0 Å². The number of hydrogen-bond donors (Lipinski definition) is 1. The van der Waals surface area contributed by atoms with Gasteiger partial charge in [-0.2, -0.15) is 5.10 Å². The normalized spacial score (nSPS) is 11.6. The Morgan fingerprint density at radius 2 is 2.00 bits per heavy atom. The number of hydrogen-bond acceptors (Lipinski definition) is 6. The van der Waals surface area contributed by atoms with E-state index in [0.717, 1.165) is 22.4 Å². The first-order valence-corrected chi connectivity index (χ1v) is 8.21. The molecule has 4 rings (SSSR count). The number of ether oxygens (including phenoxy) is 1. The quantitative estimate of drug-likeness (QED) is 0.544. The van der Waals surface area contributed by atoms with Gasteiger partial charge < -0.3 is 10.1 Å². The van der Waals surface area contributed by atoms with Crippen LogP contribution in [0, 0.1) is 0 Å². The molecule has 4 heterocycles. The van der Waals surface area contributed by atoms with E-state index in [1.54, 1.807) is 21.4 Å². The fourth-order valence-electron chi connectivity index (χ4n) is 2.61. The Hall–Kier alpha value is -3.00. The summed E-state index contributed by atoms with van der Waals surface area (Å²) in [6.07, 6.45) is 7.48. The van der Waals surface area contributed by atoms with Gasteiger partial charge in [-0.3, -0.25) is 0 Å². The molecular weight excluding hydrogens is 318 g/mol. The molecule has 4 aromatic rings. The SMILES string of the molecule is CC(C)OCCNc1ncc2c(-c3ccc4nccn4n3)ccn2n1. The molecule has 0 aromatic carbocycles. The zero-order valence-corrected chi connectivity index (χ0v) is 14.1. The molecular formula is C17H19N7O. The molecule has 0 amide bonds. The topological polar surface area (TPSA) is 81.6 Å². The minimum Gasteiger partial charge on any atom is -0.377 e. The molecule has 0 unspecified atom stereocenters. The Labute approximate surface area is 144 Å². The van der Waals surface area contributed by atoms with Crippen LogP contribution in [0.3, 0.4) is 0 Å². The van der Waals surface area contributed by atoms with Crippen LogP contribution in [-0.2, 0) is 4.74 Å². The van der Waals surface area contributed by atoms with Crippen molar-refractivity contribution in [2.45, 2.75) is 20.0 Å². The molecule has 4 aromatic heterocycles. The lowest BCUT2D eigenvalue weighted by Gasteiger charge is -2.08. The highest BCUT2D eigenvalue weighted by atomic mass is 16.5. The molecule has 8 nitrogen and oxygen atoms in total. The third kappa shape index (κ3) is 3.16. The van der Waals surface area contributed by atoms with Crippen LogP contribution in [0.4, 0.5) is 5.95 Å². The average Bonchev–Trinajstić information content (AvgIpc) is 3.24. The molecule has 128 valence electrons. The van der Waals surface area contributed by atoms with E-state index in [2.05, 4.69) is 25.5 Å². The fourth-order valence-corrected chi connectivity index (χ4v) is 2.61. The van der Waals surface area contributed by atoms with Crippen molar-refractivity contribution in [3.8, 4) is 11.3 Å². The molecule has 0 fully saturated rings. The second-order valence-corrected chi connectivity index (χ2v) is 5.94. The van der Waals surface area contributed by atoms with Gasteiger partial charge in [0.15, 0.2) is 5.65 Å². The van der Waals surface area contributed by atoms with Gasteiger partial charge in [0.25, 0.3) is 0 Å². The molecule has 0 saturated heterocycles. The summed E-state index contributed by atoms with van der Waals surface area (Å²) < 4.78 is 9.05. The van der Waals surface area contributed by atoms with Gasteiger partial charge in [0.2, 0.25) is 5.95 Å². The van der Waals surface area contributed by atoms with Gasteiger partial charge >= 0.3 is 0 Å². The number of fused-ring (bicyclic) bond motifs is 2. The lowest BCUT2D eigenvalue weighted by Crippen LogP contribution is -2.15. The van der Waals surface area contributed by atoms with Gasteiger partial charge in [0.1, 0.15) is 0 Å². The summed E-state index contributed by atoms with van der Waals surface area (Å²) in [5, 5.41) is 12.2. The van der Waals surface area contributed by atoms with Crippen LogP contribution in [-0.4, -0.2) is 48.5 Å². The average molecular weight is 337 g/mol. The smallest absolute Gasteiger partial charge is 0.241 e. The molecule has 0 aliphatic carbocycles. The van der Waals surface area contributed by atoms with Crippen LogP contribution >= 0.6 is 0 Å². The molecule has 0 saturated carbocycles. The Morgan fingerprint density at radius 1 is 1.08 bits per heavy atom. The van der Waals surface area contributed by atoms with E-state index in [-0.39, 0.29) is 6.10 Å². The number of anilines is 1. The van der Waals surface area contributed by atoms with Crippen LogP contribution in [0.5, 0.6) is 0 Å². The first-order chi connectivity index (χ1) is 12.2. The predicted octanol–water partition coefficient (Wildman–Crippen LogP) is 2.28. The first kappa shape index (κ1) is 15.5. The van der Waals surface area contributed by atoms with E-state index in [1.807, 2.05) is 44.4 Å². The Morgan fingerprint density at radius 3 is 2.88 bits per heavy atom. The number of imidazole rings is 1. The summed E-state index contributed by atoms with van der Waals surface area (Å²) in [4.78, 5) is 8.60. The minimum atomic E-state index is 0.220. The van der Waals surface area contributed by atoms with Crippen molar-refractivity contribution in [2.75, 3.05) is 18.5 Å². The number of rotatable bonds is 6. The molecule has 0 bridgehead atoms. The molecule has 0 spiro atoms. The zero-order valence-electron chi connectivity index (χ0n) is 14.1. The van der Waals surface area contributed by atoms with Crippen molar-refractivity contribution in [3.05, 3.63) is 43.0 Å². The summed E-state index contributed by atoms with van der Waals surface area (Å²) in [7, 11) is 0. The maximum atomic E-state index is 5.50. The van der Waals surface area contributed by atoms with Crippen molar-refractivity contribution in [1.29, 1.82) is 0 Å². The van der Waals surface area contributed by atoms with Crippen molar-refractivity contribution in [3.63, 3.8) is 0 Å². The van der Waals surface area contributed by atoms with Crippen LogP contribution in [0.2, 0.25) is 0 Å². The molecule has 8 heteroatoms. The summed E-state index contributed by atoms with van der Waals surface area (Å²) in [6.45, 7) is 5.31. The summed E-state index contributed by atoms with van der Waals surface area (Å²) in [5.41, 5.74) is 3.54. The number of aromatic nitrogens is 6. The zero-order chi connectivity index (χ0) is 17.2. The first-order valence-electron chi connectivity index (χ1n) is 8.21. The highest BCUT2D eigenvalue weighted by Crippen LogP contribution is 2.23. The highest BCUT2D eigenvalue weighted by Gasteiger charge is 2.10. The molecule has 0 aliphatic rings. The van der Waals surface area contributed by atoms with E-state index in [9.17, 15) is 0 Å². The van der Waals surface area contributed by atoms with Gasteiger partial charge in [0.05, 0.1) is 30.1 Å². The predicted molar refractivity (Wildman–Crippen MR) is 94.5 cm³/mol. The van der Waals surface area contributed by atoms with Gasteiger partial charge in [-0.25, -0.2) is 19.0 Å². The summed E-state index contributed by atoms with van der Waals surface area (Å²) >= 11 is 0. The van der Waals surface area contributed by atoms with E-state index in [0.29, 0.717) is 19.1 Å². The number of nitrogens with one attached hydrogen (secondary N) is 1. The Balaban J connectivity index is 1.57. The Bertz CT molecular complexity index is 1000. The van der Waals surface area contributed by atoms with Gasteiger partial charge in [-0.15, -0.1) is 5.10 Å². The van der Waals surface area contributed by atoms with Gasteiger partial charge in [0, 0.05) is 30.7 Å². The lowest BCUT2D eigenvalue weighted by molar-refractivity contribution is 0.0869. The molecule has 0 atom stereocenters. The van der Waals surface area contributed by atoms with Gasteiger partial charge in [-0.05, 0) is 32.0 Å². The van der Waals surface area contributed by atoms with Crippen LogP contribution in [0.25, 0.3) is 22.4 Å². The van der Waals surface area contributed by atoms with Crippen LogP contribution < -0.4 is 5.32 Å².